The fraction of sp³-hybridized carbons (Fsp3) is 0.875. The van der Waals surface area contributed by atoms with Crippen LogP contribution in [0, 0.1) is 0 Å². The topological polar surface area (TPSA) is 87.9 Å². The molecule has 2 atom stereocenters. The summed E-state index contributed by atoms with van der Waals surface area (Å²) >= 11 is 0. The predicted molar refractivity (Wildman–Crippen MR) is 88.0 cm³/mol. The van der Waals surface area contributed by atoms with Crippen LogP contribution in [-0.4, -0.2) is 72.2 Å². The number of ether oxygens (including phenoxy) is 1. The summed E-state index contributed by atoms with van der Waals surface area (Å²) in [6.07, 6.45) is 2.61. The number of hydrogen-bond donors (Lipinski definition) is 2. The van der Waals surface area contributed by atoms with Crippen LogP contribution in [0.3, 0.4) is 0 Å². The van der Waals surface area contributed by atoms with Gasteiger partial charge < -0.3 is 20.7 Å². The molecule has 132 valence electrons. The third-order valence-electron chi connectivity index (χ3n) is 4.36. The molecule has 0 bridgehead atoms. The average Bonchev–Trinajstić information content (AvgIpc) is 2.69. The molecule has 2 unspecified atom stereocenters. The molecule has 2 rings (SSSR count). The molecule has 2 amide bonds. The molecule has 0 aliphatic carbocycles. The van der Waals surface area contributed by atoms with E-state index in [1.165, 1.54) is 0 Å². The summed E-state index contributed by atoms with van der Waals surface area (Å²) in [5.74, 6) is 0.0895. The lowest BCUT2D eigenvalue weighted by Crippen LogP contribution is -2.62. The molecule has 2 aliphatic heterocycles. The van der Waals surface area contributed by atoms with Gasteiger partial charge >= 0.3 is 6.09 Å². The van der Waals surface area contributed by atoms with Gasteiger partial charge in [-0.3, -0.25) is 9.69 Å². The van der Waals surface area contributed by atoms with Crippen LogP contribution in [0.15, 0.2) is 0 Å². The summed E-state index contributed by atoms with van der Waals surface area (Å²) in [7, 11) is 0. The Hall–Kier alpha value is -1.34. The van der Waals surface area contributed by atoms with E-state index in [4.69, 9.17) is 10.5 Å². The Bertz CT molecular complexity index is 436. The van der Waals surface area contributed by atoms with E-state index in [-0.39, 0.29) is 24.1 Å². The first kappa shape index (κ1) is 18.0. The Labute approximate surface area is 138 Å². The summed E-state index contributed by atoms with van der Waals surface area (Å²) in [6.45, 7) is 8.47. The summed E-state index contributed by atoms with van der Waals surface area (Å²) in [6, 6.07) is -0.142. The second kappa shape index (κ2) is 7.49. The first-order valence-electron chi connectivity index (χ1n) is 8.53. The lowest BCUT2D eigenvalue weighted by molar-refractivity contribution is -0.128. The zero-order valence-electron chi connectivity index (χ0n) is 14.5. The van der Waals surface area contributed by atoms with E-state index >= 15 is 0 Å². The van der Waals surface area contributed by atoms with Crippen LogP contribution < -0.4 is 11.1 Å². The molecule has 2 fully saturated rings. The lowest BCUT2D eigenvalue weighted by atomic mass is 10.0. The number of amides is 2. The van der Waals surface area contributed by atoms with Gasteiger partial charge in [0.1, 0.15) is 5.60 Å². The molecule has 23 heavy (non-hydrogen) atoms. The van der Waals surface area contributed by atoms with Gasteiger partial charge in [0, 0.05) is 38.8 Å². The number of hydrogen-bond acceptors (Lipinski definition) is 5. The number of nitrogens with one attached hydrogen (secondary N) is 1. The minimum Gasteiger partial charge on any atom is -0.444 e. The molecule has 2 heterocycles. The monoisotopic (exact) mass is 326 g/mol. The summed E-state index contributed by atoms with van der Waals surface area (Å²) in [5, 5.41) is 2.97. The second-order valence-corrected chi connectivity index (χ2v) is 7.36. The van der Waals surface area contributed by atoms with Crippen LogP contribution in [0.4, 0.5) is 4.79 Å². The highest BCUT2D eigenvalue weighted by Gasteiger charge is 2.37. The van der Waals surface area contributed by atoms with Gasteiger partial charge in [0.2, 0.25) is 5.91 Å². The van der Waals surface area contributed by atoms with E-state index in [0.717, 1.165) is 25.8 Å². The summed E-state index contributed by atoms with van der Waals surface area (Å²) in [4.78, 5) is 28.4. The number of piperazine rings is 1. The number of carbonyl (C=O) groups excluding carboxylic acids is 2. The molecule has 0 aromatic carbocycles. The molecule has 3 N–H and O–H groups in total. The molecular weight excluding hydrogens is 296 g/mol. The number of nitrogens with zero attached hydrogens (tertiary/aromatic N) is 2. The molecule has 0 saturated carbocycles. The van der Waals surface area contributed by atoms with Gasteiger partial charge in [0.25, 0.3) is 0 Å². The van der Waals surface area contributed by atoms with Gasteiger partial charge in [-0.1, -0.05) is 0 Å². The highest BCUT2D eigenvalue weighted by Crippen LogP contribution is 2.20. The van der Waals surface area contributed by atoms with Crippen LogP contribution in [0.1, 0.15) is 40.0 Å². The SMILES string of the molecule is CC(C)(C)OC(=O)N1CCN(C2CCCCNC2=O)C(CN)C1. The highest BCUT2D eigenvalue weighted by molar-refractivity contribution is 5.82. The Morgan fingerprint density at radius 2 is 2.09 bits per heavy atom. The lowest BCUT2D eigenvalue weighted by Gasteiger charge is -2.44. The van der Waals surface area contributed by atoms with Crippen LogP contribution in [0.25, 0.3) is 0 Å². The van der Waals surface area contributed by atoms with Crippen molar-refractivity contribution in [1.82, 2.24) is 15.1 Å². The Balaban J connectivity index is 2.01. The second-order valence-electron chi connectivity index (χ2n) is 7.36. The van der Waals surface area contributed by atoms with Crippen molar-refractivity contribution in [1.29, 1.82) is 0 Å². The van der Waals surface area contributed by atoms with Crippen LogP contribution >= 0.6 is 0 Å². The zero-order chi connectivity index (χ0) is 17.0. The number of nitrogens with two attached hydrogens (primary N) is 1. The molecule has 2 saturated heterocycles. The Morgan fingerprint density at radius 1 is 1.35 bits per heavy atom. The van der Waals surface area contributed by atoms with Crippen molar-refractivity contribution >= 4 is 12.0 Å². The van der Waals surface area contributed by atoms with E-state index < -0.39 is 5.60 Å². The first-order valence-corrected chi connectivity index (χ1v) is 8.53. The van der Waals surface area contributed by atoms with E-state index in [2.05, 4.69) is 10.2 Å². The van der Waals surface area contributed by atoms with E-state index in [0.29, 0.717) is 26.2 Å². The van der Waals surface area contributed by atoms with Crippen molar-refractivity contribution in [3.8, 4) is 0 Å². The highest BCUT2D eigenvalue weighted by atomic mass is 16.6. The standard InChI is InChI=1S/C16H30N4O3/c1-16(2,3)23-15(22)19-8-9-20(12(10-17)11-19)13-6-4-5-7-18-14(13)21/h12-13H,4-11,17H2,1-3H3,(H,18,21). The van der Waals surface area contributed by atoms with Crippen molar-refractivity contribution in [2.45, 2.75) is 57.7 Å². The van der Waals surface area contributed by atoms with Crippen molar-refractivity contribution in [2.75, 3.05) is 32.7 Å². The van der Waals surface area contributed by atoms with Crippen molar-refractivity contribution < 1.29 is 14.3 Å². The number of carbonyl (C=O) groups is 2. The molecule has 7 heteroatoms. The summed E-state index contributed by atoms with van der Waals surface area (Å²) < 4.78 is 5.44. The molecule has 0 aromatic heterocycles. The molecule has 0 aromatic rings. The van der Waals surface area contributed by atoms with Gasteiger partial charge in [-0.15, -0.1) is 0 Å². The van der Waals surface area contributed by atoms with Crippen molar-refractivity contribution in [2.24, 2.45) is 5.73 Å². The number of rotatable bonds is 2. The third-order valence-corrected chi connectivity index (χ3v) is 4.36. The first-order chi connectivity index (χ1) is 10.8. The van der Waals surface area contributed by atoms with E-state index in [1.54, 1.807) is 4.90 Å². The van der Waals surface area contributed by atoms with E-state index in [1.807, 2.05) is 20.8 Å². The van der Waals surface area contributed by atoms with Crippen molar-refractivity contribution in [3.05, 3.63) is 0 Å². The fourth-order valence-corrected chi connectivity index (χ4v) is 3.22. The van der Waals surface area contributed by atoms with Gasteiger partial charge in [0.15, 0.2) is 0 Å². The Kier molecular flexibility index (Phi) is 5.86. The minimum atomic E-state index is -0.506. The Morgan fingerprint density at radius 3 is 2.74 bits per heavy atom. The third kappa shape index (κ3) is 4.81. The van der Waals surface area contributed by atoms with Crippen LogP contribution in [0.5, 0.6) is 0 Å². The van der Waals surface area contributed by atoms with E-state index in [9.17, 15) is 9.59 Å². The fourth-order valence-electron chi connectivity index (χ4n) is 3.22. The minimum absolute atomic E-state index is 0.00915. The van der Waals surface area contributed by atoms with Crippen molar-refractivity contribution in [3.63, 3.8) is 0 Å². The molecular formula is C16H30N4O3. The van der Waals surface area contributed by atoms with Crippen LogP contribution in [-0.2, 0) is 9.53 Å². The van der Waals surface area contributed by atoms with Gasteiger partial charge in [-0.05, 0) is 40.0 Å². The largest absolute Gasteiger partial charge is 0.444 e. The quantitative estimate of drug-likeness (QED) is 0.773. The maximum atomic E-state index is 12.3. The van der Waals surface area contributed by atoms with Gasteiger partial charge in [-0.2, -0.15) is 0 Å². The maximum Gasteiger partial charge on any atom is 0.410 e. The molecule has 0 radical (unpaired) electrons. The predicted octanol–water partition coefficient (Wildman–Crippen LogP) is 0.535. The van der Waals surface area contributed by atoms with Gasteiger partial charge in [-0.25, -0.2) is 4.79 Å². The maximum absolute atomic E-state index is 12.3. The average molecular weight is 326 g/mol. The molecule has 0 spiro atoms. The molecule has 7 nitrogen and oxygen atoms in total. The van der Waals surface area contributed by atoms with Crippen LogP contribution in [0.2, 0.25) is 0 Å². The molecule has 2 aliphatic rings. The normalized spacial score (nSPS) is 27.3. The van der Waals surface area contributed by atoms with Gasteiger partial charge in [0.05, 0.1) is 6.04 Å². The summed E-state index contributed by atoms with van der Waals surface area (Å²) in [5.41, 5.74) is 5.42. The zero-order valence-corrected chi connectivity index (χ0v) is 14.5. The smallest absolute Gasteiger partial charge is 0.410 e.